The summed E-state index contributed by atoms with van der Waals surface area (Å²) in [5.74, 6) is 0. The van der Waals surface area contributed by atoms with Crippen LogP contribution >= 0.6 is 15.9 Å². The molecule has 4 nitrogen and oxygen atoms in total. The Balaban J connectivity index is 2.38. The van der Waals surface area contributed by atoms with Gasteiger partial charge in [-0.2, -0.15) is 5.26 Å². The van der Waals surface area contributed by atoms with Crippen LogP contribution in [0.25, 0.3) is 0 Å². The Morgan fingerprint density at radius 1 is 1.50 bits per heavy atom. The molecule has 0 amide bonds. The number of hydrogen-bond acceptors (Lipinski definition) is 3. The second-order valence-electron chi connectivity index (χ2n) is 3.93. The Kier molecular flexibility index (Phi) is 3.58. The Labute approximate surface area is 113 Å². The predicted molar refractivity (Wildman–Crippen MR) is 71.2 cm³/mol. The number of benzene rings is 1. The van der Waals surface area contributed by atoms with Crippen molar-refractivity contribution in [3.63, 3.8) is 0 Å². The molecule has 0 unspecified atom stereocenters. The van der Waals surface area contributed by atoms with E-state index in [9.17, 15) is 4.79 Å². The van der Waals surface area contributed by atoms with Crippen molar-refractivity contribution in [3.8, 4) is 6.07 Å². The third-order valence-electron chi connectivity index (χ3n) is 2.67. The van der Waals surface area contributed by atoms with Gasteiger partial charge in [0.2, 0.25) is 0 Å². The van der Waals surface area contributed by atoms with Crippen molar-refractivity contribution in [2.45, 2.75) is 13.5 Å². The van der Waals surface area contributed by atoms with Gasteiger partial charge in [0.05, 0.1) is 24.5 Å². The lowest BCUT2D eigenvalue weighted by Gasteiger charge is -2.08. The summed E-state index contributed by atoms with van der Waals surface area (Å²) in [5.41, 5.74) is 2.49. The van der Waals surface area contributed by atoms with Crippen LogP contribution in [0.4, 0.5) is 0 Å². The molecule has 1 aromatic carbocycles. The van der Waals surface area contributed by atoms with Crippen LogP contribution in [0.15, 0.2) is 40.0 Å². The van der Waals surface area contributed by atoms with E-state index < -0.39 is 0 Å². The Morgan fingerprint density at radius 2 is 2.28 bits per heavy atom. The molecule has 0 fully saturated rings. The lowest BCUT2D eigenvalue weighted by Crippen LogP contribution is -2.21. The molecule has 1 aromatic heterocycles. The molecule has 0 radical (unpaired) electrons. The molecule has 0 saturated carbocycles. The van der Waals surface area contributed by atoms with Gasteiger partial charge in [-0.25, -0.2) is 4.98 Å². The number of nitriles is 1. The van der Waals surface area contributed by atoms with Crippen molar-refractivity contribution >= 4 is 15.9 Å². The number of nitrogens with zero attached hydrogens (tertiary/aromatic N) is 3. The monoisotopic (exact) mass is 303 g/mol. The van der Waals surface area contributed by atoms with Crippen molar-refractivity contribution in [1.29, 1.82) is 5.26 Å². The highest BCUT2D eigenvalue weighted by molar-refractivity contribution is 9.10. The summed E-state index contributed by atoms with van der Waals surface area (Å²) >= 11 is 3.16. The molecule has 0 atom stereocenters. The highest BCUT2D eigenvalue weighted by Crippen LogP contribution is 2.11. The first kappa shape index (κ1) is 12.5. The normalized spacial score (nSPS) is 10.1. The average Bonchev–Trinajstić information content (AvgIpc) is 2.37. The van der Waals surface area contributed by atoms with Crippen molar-refractivity contribution < 1.29 is 0 Å². The van der Waals surface area contributed by atoms with Gasteiger partial charge in [0.1, 0.15) is 4.47 Å². The minimum atomic E-state index is -0.117. The molecule has 0 spiro atoms. The van der Waals surface area contributed by atoms with Gasteiger partial charge in [0, 0.05) is 6.20 Å². The summed E-state index contributed by atoms with van der Waals surface area (Å²) in [6.07, 6.45) is 2.98. The fourth-order valence-corrected chi connectivity index (χ4v) is 2.01. The maximum atomic E-state index is 11.8. The molecular weight excluding hydrogens is 294 g/mol. The Bertz CT molecular complexity index is 685. The van der Waals surface area contributed by atoms with Crippen LogP contribution in [0.3, 0.4) is 0 Å². The average molecular weight is 304 g/mol. The van der Waals surface area contributed by atoms with Gasteiger partial charge in [-0.3, -0.25) is 9.36 Å². The van der Waals surface area contributed by atoms with E-state index in [0.717, 1.165) is 11.1 Å². The van der Waals surface area contributed by atoms with Crippen LogP contribution in [0.5, 0.6) is 0 Å². The molecule has 0 aliphatic rings. The van der Waals surface area contributed by atoms with Gasteiger partial charge in [-0.1, -0.05) is 6.07 Å². The van der Waals surface area contributed by atoms with E-state index in [-0.39, 0.29) is 5.56 Å². The van der Waals surface area contributed by atoms with Gasteiger partial charge in [0.25, 0.3) is 5.56 Å². The molecule has 0 saturated heterocycles. The number of aryl methyl sites for hydroxylation is 1. The van der Waals surface area contributed by atoms with Crippen LogP contribution in [-0.4, -0.2) is 9.55 Å². The molecule has 0 bridgehead atoms. The predicted octanol–water partition coefficient (Wildman–Crippen LogP) is 2.23. The quantitative estimate of drug-likeness (QED) is 0.855. The summed E-state index contributed by atoms with van der Waals surface area (Å²) in [7, 11) is 0. The van der Waals surface area contributed by atoms with Crippen LogP contribution in [0, 0.1) is 18.3 Å². The summed E-state index contributed by atoms with van der Waals surface area (Å²) in [5, 5.41) is 8.80. The zero-order valence-corrected chi connectivity index (χ0v) is 11.3. The lowest BCUT2D eigenvalue weighted by atomic mass is 10.1. The second-order valence-corrected chi connectivity index (χ2v) is 4.78. The third kappa shape index (κ3) is 2.49. The van der Waals surface area contributed by atoms with Crippen LogP contribution in [0.2, 0.25) is 0 Å². The smallest absolute Gasteiger partial charge is 0.267 e. The van der Waals surface area contributed by atoms with Crippen molar-refractivity contribution in [1.82, 2.24) is 9.55 Å². The zero-order chi connectivity index (χ0) is 13.1. The van der Waals surface area contributed by atoms with Crippen molar-refractivity contribution in [3.05, 3.63) is 62.2 Å². The van der Waals surface area contributed by atoms with Crippen LogP contribution < -0.4 is 5.56 Å². The van der Waals surface area contributed by atoms with E-state index in [1.807, 2.05) is 19.1 Å². The number of aromatic nitrogens is 2. The molecule has 2 aromatic rings. The maximum Gasteiger partial charge on any atom is 0.267 e. The largest absolute Gasteiger partial charge is 0.294 e. The molecule has 0 aliphatic carbocycles. The second kappa shape index (κ2) is 5.15. The summed E-state index contributed by atoms with van der Waals surface area (Å²) in [6, 6.07) is 7.51. The molecule has 1 heterocycles. The first-order chi connectivity index (χ1) is 8.61. The Hall–Kier alpha value is -1.93. The van der Waals surface area contributed by atoms with E-state index in [2.05, 4.69) is 27.0 Å². The molecule has 5 heteroatoms. The summed E-state index contributed by atoms with van der Waals surface area (Å²) in [4.78, 5) is 15.8. The molecule has 2 rings (SSSR count). The van der Waals surface area contributed by atoms with Gasteiger partial charge in [-0.05, 0) is 46.1 Å². The van der Waals surface area contributed by atoms with Gasteiger partial charge in [-0.15, -0.1) is 0 Å². The van der Waals surface area contributed by atoms with E-state index >= 15 is 0 Å². The summed E-state index contributed by atoms with van der Waals surface area (Å²) in [6.45, 7) is 2.37. The molecule has 0 aliphatic heterocycles. The van der Waals surface area contributed by atoms with Gasteiger partial charge in [0.15, 0.2) is 0 Å². The number of halogens is 1. The highest BCUT2D eigenvalue weighted by atomic mass is 79.9. The molecule has 0 N–H and O–H groups in total. The van der Waals surface area contributed by atoms with Crippen LogP contribution in [-0.2, 0) is 6.54 Å². The molecular formula is C13H10BrN3O. The van der Waals surface area contributed by atoms with Gasteiger partial charge < -0.3 is 0 Å². The number of hydrogen-bond donors (Lipinski definition) is 0. The molecule has 90 valence electrons. The van der Waals surface area contributed by atoms with E-state index in [0.29, 0.717) is 16.6 Å². The third-order valence-corrected chi connectivity index (χ3v) is 3.22. The van der Waals surface area contributed by atoms with Gasteiger partial charge >= 0.3 is 0 Å². The maximum absolute atomic E-state index is 11.8. The number of rotatable bonds is 2. The van der Waals surface area contributed by atoms with E-state index in [1.54, 1.807) is 6.07 Å². The standard InChI is InChI=1S/C13H10BrN3O/c1-9-4-10(5-15)2-3-11(9)7-17-8-16-6-12(14)13(17)18/h2-4,6,8H,7H2,1H3. The van der Waals surface area contributed by atoms with E-state index in [1.165, 1.54) is 17.1 Å². The van der Waals surface area contributed by atoms with Crippen molar-refractivity contribution in [2.75, 3.05) is 0 Å². The van der Waals surface area contributed by atoms with Crippen molar-refractivity contribution in [2.24, 2.45) is 0 Å². The first-order valence-electron chi connectivity index (χ1n) is 5.31. The topological polar surface area (TPSA) is 58.7 Å². The fraction of sp³-hybridized carbons (Fsp3) is 0.154. The lowest BCUT2D eigenvalue weighted by molar-refractivity contribution is 0.727. The van der Waals surface area contributed by atoms with E-state index in [4.69, 9.17) is 5.26 Å². The molecule has 18 heavy (non-hydrogen) atoms. The SMILES string of the molecule is Cc1cc(C#N)ccc1Cn1cncc(Br)c1=O. The Morgan fingerprint density at radius 3 is 2.94 bits per heavy atom. The van der Waals surface area contributed by atoms with Crippen LogP contribution in [0.1, 0.15) is 16.7 Å². The minimum absolute atomic E-state index is 0.117. The fourth-order valence-electron chi connectivity index (χ4n) is 1.66. The minimum Gasteiger partial charge on any atom is -0.294 e. The highest BCUT2D eigenvalue weighted by Gasteiger charge is 2.04. The summed E-state index contributed by atoms with van der Waals surface area (Å²) < 4.78 is 1.97. The zero-order valence-electron chi connectivity index (χ0n) is 9.72. The first-order valence-corrected chi connectivity index (χ1v) is 6.10.